The Kier molecular flexibility index (Phi) is 8.30. The second-order valence-corrected chi connectivity index (χ2v) is 6.11. The van der Waals surface area contributed by atoms with Gasteiger partial charge < -0.3 is 9.47 Å². The van der Waals surface area contributed by atoms with Gasteiger partial charge in [0.2, 0.25) is 0 Å². The van der Waals surface area contributed by atoms with Crippen LogP contribution in [0.2, 0.25) is 0 Å². The van der Waals surface area contributed by atoms with E-state index in [-0.39, 0.29) is 19.1 Å². The highest BCUT2D eigenvalue weighted by Crippen LogP contribution is 2.24. The zero-order chi connectivity index (χ0) is 19.5. The highest BCUT2D eigenvalue weighted by molar-refractivity contribution is 5.95. The van der Waals surface area contributed by atoms with Crippen molar-refractivity contribution in [2.75, 3.05) is 13.2 Å². The van der Waals surface area contributed by atoms with Gasteiger partial charge in [-0.05, 0) is 31.4 Å². The van der Waals surface area contributed by atoms with E-state index in [1.165, 1.54) is 0 Å². The zero-order valence-electron chi connectivity index (χ0n) is 15.8. The molecule has 0 fully saturated rings. The molecule has 0 aliphatic rings. The van der Waals surface area contributed by atoms with Crippen molar-refractivity contribution < 1.29 is 19.1 Å². The van der Waals surface area contributed by atoms with Gasteiger partial charge in [-0.25, -0.2) is 0 Å². The van der Waals surface area contributed by atoms with Crippen molar-refractivity contribution in [1.29, 1.82) is 0 Å². The van der Waals surface area contributed by atoms with Gasteiger partial charge >= 0.3 is 11.9 Å². The topological polar surface area (TPSA) is 52.6 Å². The standard InChI is InChI=1S/C23H26O4/c1-3-26-22(24)21(23(25)27-4-2)20(17-19-13-9-6-10-14-19)16-15-18-11-7-5-8-12-18/h5-16,20-21H,3-4,17H2,1-2H3/b16-15+/t20-/m0/s1. The van der Waals surface area contributed by atoms with Gasteiger partial charge in [-0.15, -0.1) is 0 Å². The molecule has 0 spiro atoms. The van der Waals surface area contributed by atoms with Crippen LogP contribution >= 0.6 is 0 Å². The highest BCUT2D eigenvalue weighted by Gasteiger charge is 2.36. The fourth-order valence-corrected chi connectivity index (χ4v) is 2.89. The molecule has 0 heterocycles. The van der Waals surface area contributed by atoms with Crippen molar-refractivity contribution in [2.24, 2.45) is 11.8 Å². The van der Waals surface area contributed by atoms with Crippen LogP contribution in [0.4, 0.5) is 0 Å². The number of ether oxygens (including phenoxy) is 2. The summed E-state index contributed by atoms with van der Waals surface area (Å²) in [5, 5.41) is 0. The van der Waals surface area contributed by atoms with E-state index in [2.05, 4.69) is 0 Å². The van der Waals surface area contributed by atoms with Crippen LogP contribution in [0.5, 0.6) is 0 Å². The van der Waals surface area contributed by atoms with Crippen molar-refractivity contribution in [1.82, 2.24) is 0 Å². The second-order valence-electron chi connectivity index (χ2n) is 6.11. The summed E-state index contributed by atoms with van der Waals surface area (Å²) in [6.07, 6.45) is 4.37. The first-order valence-corrected chi connectivity index (χ1v) is 9.26. The van der Waals surface area contributed by atoms with Crippen molar-refractivity contribution in [3.8, 4) is 0 Å². The highest BCUT2D eigenvalue weighted by atomic mass is 16.6. The Hall–Kier alpha value is -2.88. The van der Waals surface area contributed by atoms with Crippen LogP contribution in [0.1, 0.15) is 25.0 Å². The molecule has 0 radical (unpaired) electrons. The molecule has 0 saturated heterocycles. The third-order valence-corrected chi connectivity index (χ3v) is 4.16. The summed E-state index contributed by atoms with van der Waals surface area (Å²) in [6, 6.07) is 19.6. The van der Waals surface area contributed by atoms with E-state index >= 15 is 0 Å². The molecule has 2 aromatic rings. The zero-order valence-corrected chi connectivity index (χ0v) is 15.8. The first-order chi connectivity index (χ1) is 13.2. The Balaban J connectivity index is 2.34. The Morgan fingerprint density at radius 3 is 1.89 bits per heavy atom. The minimum atomic E-state index is -0.995. The number of carbonyl (C=O) groups is 2. The van der Waals surface area contributed by atoms with Crippen LogP contribution in [0.3, 0.4) is 0 Å². The van der Waals surface area contributed by atoms with E-state index in [0.29, 0.717) is 6.42 Å². The van der Waals surface area contributed by atoms with E-state index in [9.17, 15) is 9.59 Å². The normalized spacial score (nSPS) is 12.1. The minimum absolute atomic E-state index is 0.217. The predicted molar refractivity (Wildman–Crippen MR) is 106 cm³/mol. The van der Waals surface area contributed by atoms with Crippen molar-refractivity contribution in [3.05, 3.63) is 77.9 Å². The second kappa shape index (κ2) is 11.0. The summed E-state index contributed by atoms with van der Waals surface area (Å²) < 4.78 is 10.3. The van der Waals surface area contributed by atoms with Crippen LogP contribution in [0, 0.1) is 11.8 Å². The van der Waals surface area contributed by atoms with Gasteiger partial charge in [-0.1, -0.05) is 72.8 Å². The van der Waals surface area contributed by atoms with Crippen LogP contribution < -0.4 is 0 Å². The van der Waals surface area contributed by atoms with Gasteiger partial charge in [0.05, 0.1) is 13.2 Å². The van der Waals surface area contributed by atoms with Gasteiger partial charge in [0.1, 0.15) is 0 Å². The maximum absolute atomic E-state index is 12.5. The first kappa shape index (κ1) is 20.4. The molecule has 0 unspecified atom stereocenters. The summed E-state index contributed by atoms with van der Waals surface area (Å²) >= 11 is 0. The molecule has 0 bridgehead atoms. The van der Waals surface area contributed by atoms with Gasteiger partial charge in [0, 0.05) is 5.92 Å². The quantitative estimate of drug-likeness (QED) is 0.490. The minimum Gasteiger partial charge on any atom is -0.465 e. The molecule has 2 rings (SSSR count). The Morgan fingerprint density at radius 1 is 0.852 bits per heavy atom. The lowest BCUT2D eigenvalue weighted by Crippen LogP contribution is -2.34. The van der Waals surface area contributed by atoms with E-state index < -0.39 is 17.9 Å². The molecule has 0 aliphatic carbocycles. The SMILES string of the molecule is CCOC(=O)C(C(=O)OCC)[C@@H](/C=C/c1ccccc1)Cc1ccccc1. The smallest absolute Gasteiger partial charge is 0.320 e. The number of rotatable bonds is 9. The van der Waals surface area contributed by atoms with Crippen molar-refractivity contribution in [3.63, 3.8) is 0 Å². The molecule has 142 valence electrons. The maximum Gasteiger partial charge on any atom is 0.320 e. The Morgan fingerprint density at radius 2 is 1.37 bits per heavy atom. The van der Waals surface area contributed by atoms with E-state index in [4.69, 9.17) is 9.47 Å². The number of hydrogen-bond acceptors (Lipinski definition) is 4. The summed E-state index contributed by atoms with van der Waals surface area (Å²) in [5.41, 5.74) is 2.04. The van der Waals surface area contributed by atoms with Crippen molar-refractivity contribution in [2.45, 2.75) is 20.3 Å². The predicted octanol–water partition coefficient (Wildman–Crippen LogP) is 4.30. The lowest BCUT2D eigenvalue weighted by atomic mass is 9.86. The summed E-state index contributed by atoms with van der Waals surface area (Å²) in [4.78, 5) is 25.1. The van der Waals surface area contributed by atoms with Gasteiger partial charge in [-0.2, -0.15) is 0 Å². The van der Waals surface area contributed by atoms with E-state index in [1.807, 2.05) is 72.8 Å². The van der Waals surface area contributed by atoms with Crippen molar-refractivity contribution >= 4 is 18.0 Å². The Bertz CT molecular complexity index is 719. The third-order valence-electron chi connectivity index (χ3n) is 4.16. The van der Waals surface area contributed by atoms with E-state index in [1.54, 1.807) is 13.8 Å². The number of benzene rings is 2. The molecule has 0 amide bonds. The molecule has 4 heteroatoms. The average molecular weight is 366 g/mol. The lowest BCUT2D eigenvalue weighted by Gasteiger charge is -2.22. The van der Waals surface area contributed by atoms with Gasteiger partial charge in [-0.3, -0.25) is 9.59 Å². The fourth-order valence-electron chi connectivity index (χ4n) is 2.89. The maximum atomic E-state index is 12.5. The van der Waals surface area contributed by atoms with Crippen LogP contribution in [0.25, 0.3) is 6.08 Å². The molecular weight excluding hydrogens is 340 g/mol. The monoisotopic (exact) mass is 366 g/mol. The summed E-state index contributed by atoms with van der Waals surface area (Å²) in [5.74, 6) is -2.46. The number of carbonyl (C=O) groups excluding carboxylic acids is 2. The molecule has 4 nitrogen and oxygen atoms in total. The lowest BCUT2D eigenvalue weighted by molar-refractivity contribution is -0.163. The molecule has 2 aromatic carbocycles. The van der Waals surface area contributed by atoms with Gasteiger partial charge in [0.15, 0.2) is 5.92 Å². The molecule has 0 N–H and O–H groups in total. The molecule has 27 heavy (non-hydrogen) atoms. The summed E-state index contributed by atoms with van der Waals surface area (Å²) in [7, 11) is 0. The van der Waals surface area contributed by atoms with Crippen LogP contribution in [-0.2, 0) is 25.5 Å². The van der Waals surface area contributed by atoms with Crippen LogP contribution in [-0.4, -0.2) is 25.2 Å². The van der Waals surface area contributed by atoms with E-state index in [0.717, 1.165) is 11.1 Å². The van der Waals surface area contributed by atoms with Crippen LogP contribution in [0.15, 0.2) is 66.7 Å². The summed E-state index contributed by atoms with van der Waals surface area (Å²) in [6.45, 7) is 3.89. The van der Waals surface area contributed by atoms with Gasteiger partial charge in [0.25, 0.3) is 0 Å². The number of hydrogen-bond donors (Lipinski definition) is 0. The number of allylic oxidation sites excluding steroid dienone is 1. The Labute approximate surface area is 160 Å². The average Bonchev–Trinajstić information content (AvgIpc) is 2.68. The number of esters is 2. The third kappa shape index (κ3) is 6.41. The molecule has 0 aromatic heterocycles. The molecule has 0 saturated carbocycles. The fraction of sp³-hybridized carbons (Fsp3) is 0.304. The molecule has 1 atom stereocenters. The first-order valence-electron chi connectivity index (χ1n) is 9.26. The molecular formula is C23H26O4. The largest absolute Gasteiger partial charge is 0.465 e. The molecule has 0 aliphatic heterocycles.